The fraction of sp³-hybridized carbons (Fsp3) is 0.333. The van der Waals surface area contributed by atoms with Gasteiger partial charge in [-0.05, 0) is 24.1 Å². The van der Waals surface area contributed by atoms with E-state index in [4.69, 9.17) is 0 Å². The van der Waals surface area contributed by atoms with Gasteiger partial charge in [-0.15, -0.1) is 0 Å². The molecule has 4 amide bonds. The Morgan fingerprint density at radius 3 is 1.87 bits per heavy atom. The van der Waals surface area contributed by atoms with Crippen molar-refractivity contribution >= 4 is 23.6 Å². The van der Waals surface area contributed by atoms with Crippen LogP contribution in [0.2, 0.25) is 0 Å². The van der Waals surface area contributed by atoms with E-state index in [0.717, 1.165) is 10.5 Å². The molecule has 1 saturated heterocycles. The van der Waals surface area contributed by atoms with E-state index in [1.54, 1.807) is 29.2 Å². The summed E-state index contributed by atoms with van der Waals surface area (Å²) in [6, 6.07) is 16.3. The van der Waals surface area contributed by atoms with Gasteiger partial charge in [-0.2, -0.15) is 0 Å². The van der Waals surface area contributed by atoms with Crippen LogP contribution in [0.5, 0.6) is 0 Å². The number of benzene rings is 2. The van der Waals surface area contributed by atoms with Crippen molar-refractivity contribution in [1.82, 2.24) is 14.7 Å². The quantitative estimate of drug-likeness (QED) is 0.695. The maximum absolute atomic E-state index is 12.7. The Morgan fingerprint density at radius 1 is 0.710 bits per heavy atom. The Kier molecular flexibility index (Phi) is 6.11. The second-order valence-electron chi connectivity index (χ2n) is 7.84. The molecule has 0 bridgehead atoms. The molecule has 0 unspecified atom stereocenters. The molecule has 2 aliphatic rings. The molecule has 0 radical (unpaired) electrons. The molecular formula is C24H25N3O4. The predicted molar refractivity (Wildman–Crippen MR) is 114 cm³/mol. The minimum atomic E-state index is -0.345. The third-order valence-electron chi connectivity index (χ3n) is 5.83. The zero-order valence-corrected chi connectivity index (χ0v) is 17.3. The van der Waals surface area contributed by atoms with Gasteiger partial charge in [0, 0.05) is 39.1 Å². The zero-order valence-electron chi connectivity index (χ0n) is 17.3. The monoisotopic (exact) mass is 419 g/mol. The van der Waals surface area contributed by atoms with E-state index in [-0.39, 0.29) is 36.6 Å². The van der Waals surface area contributed by atoms with Crippen molar-refractivity contribution in [2.75, 3.05) is 32.7 Å². The van der Waals surface area contributed by atoms with Crippen molar-refractivity contribution < 1.29 is 19.2 Å². The highest BCUT2D eigenvalue weighted by atomic mass is 16.2. The predicted octanol–water partition coefficient (Wildman–Crippen LogP) is 1.98. The number of carbonyl (C=O) groups is 4. The molecule has 2 aliphatic heterocycles. The molecule has 7 nitrogen and oxygen atoms in total. The molecule has 31 heavy (non-hydrogen) atoms. The van der Waals surface area contributed by atoms with Gasteiger partial charge in [-0.1, -0.05) is 42.5 Å². The van der Waals surface area contributed by atoms with Crippen LogP contribution in [0.4, 0.5) is 0 Å². The number of carbonyl (C=O) groups excluding carboxylic acids is 4. The van der Waals surface area contributed by atoms with Crippen LogP contribution in [0.25, 0.3) is 0 Å². The number of imide groups is 1. The molecule has 0 spiro atoms. The molecule has 0 saturated carbocycles. The van der Waals surface area contributed by atoms with Gasteiger partial charge in [0.25, 0.3) is 11.8 Å². The van der Waals surface area contributed by atoms with Gasteiger partial charge in [0.1, 0.15) is 0 Å². The minimum absolute atomic E-state index is 0.0616. The summed E-state index contributed by atoms with van der Waals surface area (Å²) in [5, 5.41) is 0. The summed E-state index contributed by atoms with van der Waals surface area (Å²) in [5.74, 6) is -0.732. The first-order valence-electron chi connectivity index (χ1n) is 10.6. The first-order chi connectivity index (χ1) is 15.0. The number of rotatable bonds is 5. The van der Waals surface area contributed by atoms with Crippen molar-refractivity contribution in [3.05, 3.63) is 71.3 Å². The van der Waals surface area contributed by atoms with Crippen LogP contribution in [0.3, 0.4) is 0 Å². The lowest BCUT2D eigenvalue weighted by Crippen LogP contribution is -2.39. The summed E-state index contributed by atoms with van der Waals surface area (Å²) in [4.78, 5) is 55.0. The summed E-state index contributed by atoms with van der Waals surface area (Å²) in [7, 11) is 0. The fourth-order valence-corrected chi connectivity index (χ4v) is 4.11. The van der Waals surface area contributed by atoms with E-state index in [0.29, 0.717) is 50.1 Å². The van der Waals surface area contributed by atoms with Crippen molar-refractivity contribution in [3.8, 4) is 0 Å². The lowest BCUT2D eigenvalue weighted by Gasteiger charge is -2.23. The van der Waals surface area contributed by atoms with Gasteiger partial charge in [-0.3, -0.25) is 24.1 Å². The molecule has 0 aromatic heterocycles. The second kappa shape index (κ2) is 9.12. The van der Waals surface area contributed by atoms with Crippen molar-refractivity contribution in [1.29, 1.82) is 0 Å². The highest BCUT2D eigenvalue weighted by molar-refractivity contribution is 6.21. The Balaban J connectivity index is 1.29. The SMILES string of the molecule is O=C(CCN1C(=O)c2ccccc2C1=O)N1CCCN(C(=O)Cc2ccccc2)CC1. The molecular weight excluding hydrogens is 394 g/mol. The third kappa shape index (κ3) is 4.50. The fourth-order valence-electron chi connectivity index (χ4n) is 4.11. The van der Waals surface area contributed by atoms with Gasteiger partial charge in [-0.25, -0.2) is 0 Å². The average molecular weight is 419 g/mol. The van der Waals surface area contributed by atoms with E-state index in [1.807, 2.05) is 35.2 Å². The Labute approximate surface area is 181 Å². The molecule has 2 aromatic rings. The maximum atomic E-state index is 12.7. The minimum Gasteiger partial charge on any atom is -0.341 e. The molecule has 7 heteroatoms. The maximum Gasteiger partial charge on any atom is 0.261 e. The van der Waals surface area contributed by atoms with Crippen LogP contribution in [0, 0.1) is 0 Å². The summed E-state index contributed by atoms with van der Waals surface area (Å²) in [6.07, 6.45) is 1.15. The Bertz CT molecular complexity index is 970. The Hall–Kier alpha value is -3.48. The summed E-state index contributed by atoms with van der Waals surface area (Å²) in [6.45, 7) is 2.20. The lowest BCUT2D eigenvalue weighted by molar-refractivity contribution is -0.133. The number of hydrogen-bond acceptors (Lipinski definition) is 4. The first-order valence-corrected chi connectivity index (χ1v) is 10.6. The molecule has 0 atom stereocenters. The highest BCUT2D eigenvalue weighted by Crippen LogP contribution is 2.22. The normalized spacial score (nSPS) is 16.3. The standard InChI is InChI=1S/C24H25N3O4/c28-21(11-14-27-23(30)19-9-4-5-10-20(19)24(27)31)25-12-6-13-26(16-15-25)22(29)17-18-7-2-1-3-8-18/h1-5,7-10H,6,11-17H2. The number of amides is 4. The van der Waals surface area contributed by atoms with Gasteiger partial charge in [0.15, 0.2) is 0 Å². The molecule has 0 aliphatic carbocycles. The first kappa shape index (κ1) is 20.8. The van der Waals surface area contributed by atoms with Crippen LogP contribution < -0.4 is 0 Å². The van der Waals surface area contributed by atoms with Crippen molar-refractivity contribution in [2.24, 2.45) is 0 Å². The van der Waals surface area contributed by atoms with Crippen LogP contribution in [-0.4, -0.2) is 71.1 Å². The topological polar surface area (TPSA) is 78.0 Å². The van der Waals surface area contributed by atoms with E-state index >= 15 is 0 Å². The third-order valence-corrected chi connectivity index (χ3v) is 5.83. The lowest BCUT2D eigenvalue weighted by atomic mass is 10.1. The smallest absolute Gasteiger partial charge is 0.261 e. The summed E-state index contributed by atoms with van der Waals surface area (Å²) in [5.41, 5.74) is 1.76. The van der Waals surface area contributed by atoms with Gasteiger partial charge in [0.2, 0.25) is 11.8 Å². The molecule has 0 N–H and O–H groups in total. The van der Waals surface area contributed by atoms with E-state index in [1.165, 1.54) is 0 Å². The second-order valence-corrected chi connectivity index (χ2v) is 7.84. The van der Waals surface area contributed by atoms with Crippen LogP contribution >= 0.6 is 0 Å². The van der Waals surface area contributed by atoms with E-state index in [9.17, 15) is 19.2 Å². The number of fused-ring (bicyclic) bond motifs is 1. The van der Waals surface area contributed by atoms with Crippen LogP contribution in [0.1, 0.15) is 39.1 Å². The van der Waals surface area contributed by atoms with Crippen molar-refractivity contribution in [2.45, 2.75) is 19.3 Å². The van der Waals surface area contributed by atoms with Gasteiger partial charge < -0.3 is 9.80 Å². The number of nitrogens with zero attached hydrogens (tertiary/aromatic N) is 3. The van der Waals surface area contributed by atoms with Crippen LogP contribution in [0.15, 0.2) is 54.6 Å². The largest absolute Gasteiger partial charge is 0.341 e. The van der Waals surface area contributed by atoms with Gasteiger partial charge in [0.05, 0.1) is 17.5 Å². The molecule has 1 fully saturated rings. The molecule has 4 rings (SSSR count). The van der Waals surface area contributed by atoms with Crippen LogP contribution in [-0.2, 0) is 16.0 Å². The average Bonchev–Trinajstić information content (AvgIpc) is 2.95. The molecule has 2 aromatic carbocycles. The molecule has 160 valence electrons. The Morgan fingerprint density at radius 2 is 1.26 bits per heavy atom. The van der Waals surface area contributed by atoms with E-state index in [2.05, 4.69) is 0 Å². The zero-order chi connectivity index (χ0) is 21.8. The molecule has 2 heterocycles. The van der Waals surface area contributed by atoms with Gasteiger partial charge >= 0.3 is 0 Å². The summed E-state index contributed by atoms with van der Waals surface area (Å²) >= 11 is 0. The summed E-state index contributed by atoms with van der Waals surface area (Å²) < 4.78 is 0. The van der Waals surface area contributed by atoms with E-state index < -0.39 is 0 Å². The number of hydrogen-bond donors (Lipinski definition) is 0. The highest BCUT2D eigenvalue weighted by Gasteiger charge is 2.35. The van der Waals surface area contributed by atoms with Crippen molar-refractivity contribution in [3.63, 3.8) is 0 Å².